The quantitative estimate of drug-likeness (QED) is 0.0757. The number of carbonyl (C=O) groups excluding carboxylic acids is 1. The first-order chi connectivity index (χ1) is 24.5. The molecule has 1 atom stereocenters. The number of hydrogen-bond donors (Lipinski definition) is 0. The van der Waals surface area contributed by atoms with Crippen molar-refractivity contribution in [3.8, 4) is 17.0 Å². The summed E-state index contributed by atoms with van der Waals surface area (Å²) in [6, 6.07) is 8.88. The zero-order valence-corrected chi connectivity index (χ0v) is 32.7. The second-order valence-corrected chi connectivity index (χ2v) is 16.2. The Morgan fingerprint density at radius 3 is 2.00 bits per heavy atom. The molecule has 0 spiro atoms. The van der Waals surface area contributed by atoms with E-state index in [1.165, 1.54) is 37.8 Å². The van der Waals surface area contributed by atoms with Crippen LogP contribution in [0.2, 0.25) is 0 Å². The minimum atomic E-state index is -4.61. The molecule has 2 aromatic heterocycles. The van der Waals surface area contributed by atoms with E-state index >= 15 is 0 Å². The molecule has 0 fully saturated rings. The summed E-state index contributed by atoms with van der Waals surface area (Å²) in [5.41, 5.74) is -1.72. The van der Waals surface area contributed by atoms with Gasteiger partial charge in [-0.2, -0.15) is 18.2 Å². The maximum absolute atomic E-state index is 14.0. The molecule has 6 nitrogen and oxygen atoms in total. The summed E-state index contributed by atoms with van der Waals surface area (Å²) in [4.78, 5) is 29.8. The summed E-state index contributed by atoms with van der Waals surface area (Å²) in [6.07, 6.45) is 10.5. The van der Waals surface area contributed by atoms with Crippen LogP contribution >= 0.6 is 0 Å². The van der Waals surface area contributed by atoms with Crippen LogP contribution in [0.25, 0.3) is 22.2 Å². The molecular formula is C43H62F3NO5. The fraction of sp³-hybridized carbons (Fsp3) is 0.651. The van der Waals surface area contributed by atoms with Gasteiger partial charge in [-0.25, -0.2) is 4.79 Å². The van der Waals surface area contributed by atoms with E-state index in [2.05, 4.69) is 32.7 Å². The number of aromatic nitrogens is 1. The van der Waals surface area contributed by atoms with Crippen LogP contribution in [-0.4, -0.2) is 24.2 Å². The van der Waals surface area contributed by atoms with Crippen molar-refractivity contribution in [1.82, 2.24) is 4.98 Å². The lowest BCUT2D eigenvalue weighted by molar-refractivity contribution is -0.157. The van der Waals surface area contributed by atoms with E-state index in [1.807, 2.05) is 20.8 Å². The molecule has 0 aliphatic carbocycles. The number of rotatable bonds is 22. The van der Waals surface area contributed by atoms with Gasteiger partial charge in [0.2, 0.25) is 11.6 Å². The summed E-state index contributed by atoms with van der Waals surface area (Å²) in [7, 11) is 0. The van der Waals surface area contributed by atoms with Crippen molar-refractivity contribution < 1.29 is 31.9 Å². The number of carbonyl (C=O) groups is 1. The second kappa shape index (κ2) is 20.2. The molecule has 1 unspecified atom stereocenters. The normalized spacial score (nSPS) is 13.0. The maximum Gasteiger partial charge on any atom is 0.417 e. The Kier molecular flexibility index (Phi) is 16.7. The van der Waals surface area contributed by atoms with E-state index in [9.17, 15) is 22.8 Å². The highest BCUT2D eigenvalue weighted by Gasteiger charge is 2.37. The molecule has 1 aromatic carbocycles. The number of fused-ring (bicyclic) bond motifs is 1. The second-order valence-electron chi connectivity index (χ2n) is 16.2. The molecule has 0 saturated carbocycles. The van der Waals surface area contributed by atoms with Crippen molar-refractivity contribution in [2.24, 2.45) is 16.7 Å². The SMILES string of the molecule is CCCCCc1ccc(-c2cc3ccc(OCCCCCCCCCCCCOC(=O)C(C)(C)C(C)CC(C)(C)C)nc3oc2=O)c(C(F)(F)F)c1. The molecule has 9 heteroatoms. The van der Waals surface area contributed by atoms with Crippen LogP contribution in [0, 0.1) is 16.7 Å². The van der Waals surface area contributed by atoms with Gasteiger partial charge >= 0.3 is 17.8 Å². The molecule has 0 aliphatic rings. The molecule has 0 bridgehead atoms. The van der Waals surface area contributed by atoms with Gasteiger partial charge in [0, 0.05) is 17.0 Å². The molecule has 2 heterocycles. The van der Waals surface area contributed by atoms with Gasteiger partial charge in [0.1, 0.15) is 0 Å². The van der Waals surface area contributed by atoms with Crippen LogP contribution in [0.1, 0.15) is 149 Å². The Labute approximate surface area is 309 Å². The highest BCUT2D eigenvalue weighted by Crippen LogP contribution is 2.38. The molecule has 52 heavy (non-hydrogen) atoms. The van der Waals surface area contributed by atoms with E-state index in [4.69, 9.17) is 13.9 Å². The van der Waals surface area contributed by atoms with Crippen LogP contribution in [0.3, 0.4) is 0 Å². The molecule has 0 amide bonds. The van der Waals surface area contributed by atoms with Gasteiger partial charge in [-0.3, -0.25) is 4.79 Å². The van der Waals surface area contributed by atoms with E-state index in [0.29, 0.717) is 36.5 Å². The fourth-order valence-corrected chi connectivity index (χ4v) is 6.57. The number of benzene rings is 1. The first kappa shape index (κ1) is 43.0. The standard InChI is InChI=1S/C43H62F3NO5/c1-8-9-18-21-32-22-24-34(36(28-32)43(44,45)46)35-29-33-23-25-37(47-38(33)52-39(35)48)50-26-19-16-14-12-10-11-13-15-17-20-27-51-40(49)42(6,7)31(2)30-41(3,4)5/h22-25,28-29,31H,8-21,26-27,30H2,1-7H3. The predicted octanol–water partition coefficient (Wildman–Crippen LogP) is 12.5. The fourth-order valence-electron chi connectivity index (χ4n) is 6.57. The number of pyridine rings is 1. The summed E-state index contributed by atoms with van der Waals surface area (Å²) in [6.45, 7) is 15.8. The van der Waals surface area contributed by atoms with E-state index in [1.54, 1.807) is 18.2 Å². The van der Waals surface area contributed by atoms with Crippen molar-refractivity contribution in [2.45, 2.75) is 151 Å². The maximum atomic E-state index is 14.0. The number of halogens is 3. The summed E-state index contributed by atoms with van der Waals surface area (Å²) in [5.74, 6) is 0.479. The minimum Gasteiger partial charge on any atom is -0.478 e. The van der Waals surface area contributed by atoms with Crippen molar-refractivity contribution in [3.05, 3.63) is 57.9 Å². The number of aryl methyl sites for hydroxylation is 1. The first-order valence-electron chi connectivity index (χ1n) is 19.5. The van der Waals surface area contributed by atoms with Gasteiger partial charge in [0.15, 0.2) is 0 Å². The monoisotopic (exact) mass is 729 g/mol. The molecule has 0 N–H and O–H groups in total. The van der Waals surface area contributed by atoms with Crippen LogP contribution < -0.4 is 10.4 Å². The lowest BCUT2D eigenvalue weighted by atomic mass is 9.72. The Hall–Kier alpha value is -3.36. The van der Waals surface area contributed by atoms with Crippen LogP contribution in [0.15, 0.2) is 45.6 Å². The predicted molar refractivity (Wildman–Crippen MR) is 204 cm³/mol. The van der Waals surface area contributed by atoms with E-state index in [-0.39, 0.29) is 34.1 Å². The Bertz CT molecular complexity index is 1610. The molecule has 3 rings (SSSR count). The van der Waals surface area contributed by atoms with E-state index < -0.39 is 22.8 Å². The number of nitrogens with zero attached hydrogens (tertiary/aromatic N) is 1. The molecule has 0 aliphatic heterocycles. The third kappa shape index (κ3) is 13.9. The van der Waals surface area contributed by atoms with Crippen molar-refractivity contribution in [2.75, 3.05) is 13.2 Å². The topological polar surface area (TPSA) is 78.6 Å². The largest absolute Gasteiger partial charge is 0.478 e. The van der Waals surface area contributed by atoms with Gasteiger partial charge < -0.3 is 13.9 Å². The summed E-state index contributed by atoms with van der Waals surface area (Å²) in [5, 5.41) is 0.423. The van der Waals surface area contributed by atoms with Crippen molar-refractivity contribution in [1.29, 1.82) is 0 Å². The van der Waals surface area contributed by atoms with Crippen LogP contribution in [0.5, 0.6) is 5.88 Å². The van der Waals surface area contributed by atoms with Gasteiger partial charge in [-0.05, 0) is 81.0 Å². The highest BCUT2D eigenvalue weighted by atomic mass is 19.4. The van der Waals surface area contributed by atoms with Gasteiger partial charge in [-0.15, -0.1) is 0 Å². The lowest BCUT2D eigenvalue weighted by Crippen LogP contribution is -2.35. The zero-order valence-electron chi connectivity index (χ0n) is 32.7. The minimum absolute atomic E-state index is 0.0298. The summed E-state index contributed by atoms with van der Waals surface area (Å²) < 4.78 is 58.9. The average molecular weight is 730 g/mol. The number of esters is 1. The first-order valence-corrected chi connectivity index (χ1v) is 19.5. The van der Waals surface area contributed by atoms with Crippen molar-refractivity contribution >= 4 is 17.1 Å². The molecule has 3 aromatic rings. The highest BCUT2D eigenvalue weighted by molar-refractivity contribution is 5.80. The third-order valence-corrected chi connectivity index (χ3v) is 10.0. The average Bonchev–Trinajstić information content (AvgIpc) is 3.07. The zero-order chi connectivity index (χ0) is 38.4. The summed E-state index contributed by atoms with van der Waals surface area (Å²) >= 11 is 0. The third-order valence-electron chi connectivity index (χ3n) is 10.0. The Morgan fingerprint density at radius 2 is 1.40 bits per heavy atom. The van der Waals surface area contributed by atoms with Gasteiger partial charge in [0.05, 0.1) is 29.8 Å². The molecular weight excluding hydrogens is 667 g/mol. The van der Waals surface area contributed by atoms with Gasteiger partial charge in [-0.1, -0.05) is 111 Å². The van der Waals surface area contributed by atoms with Crippen molar-refractivity contribution in [3.63, 3.8) is 0 Å². The Morgan fingerprint density at radius 1 is 0.788 bits per heavy atom. The molecule has 0 saturated heterocycles. The van der Waals surface area contributed by atoms with Crippen LogP contribution in [-0.2, 0) is 22.1 Å². The number of alkyl halides is 3. The molecule has 0 radical (unpaired) electrons. The van der Waals surface area contributed by atoms with Crippen LogP contribution in [0.4, 0.5) is 13.2 Å². The number of unbranched alkanes of at least 4 members (excludes halogenated alkanes) is 11. The number of ether oxygens (including phenoxy) is 2. The van der Waals surface area contributed by atoms with E-state index in [0.717, 1.165) is 70.3 Å². The smallest absolute Gasteiger partial charge is 0.417 e. The van der Waals surface area contributed by atoms with Gasteiger partial charge in [0.25, 0.3) is 0 Å². The number of hydrogen-bond acceptors (Lipinski definition) is 6. The lowest BCUT2D eigenvalue weighted by Gasteiger charge is -2.34. The molecule has 290 valence electrons. The Balaban J connectivity index is 1.33.